The van der Waals surface area contributed by atoms with E-state index in [2.05, 4.69) is 19.2 Å². The van der Waals surface area contributed by atoms with Gasteiger partial charge in [0.2, 0.25) is 5.91 Å². The van der Waals surface area contributed by atoms with Crippen LogP contribution in [0.4, 0.5) is 5.69 Å². The summed E-state index contributed by atoms with van der Waals surface area (Å²) in [5.74, 6) is 0.886. The highest BCUT2D eigenvalue weighted by Crippen LogP contribution is 2.27. The van der Waals surface area contributed by atoms with E-state index in [4.69, 9.17) is 10.5 Å². The molecule has 0 saturated heterocycles. The average molecular weight is 372 g/mol. The lowest BCUT2D eigenvalue weighted by Gasteiger charge is -2.11. The number of primary amides is 1. The molecule has 0 unspecified atom stereocenters. The molecule has 0 spiro atoms. The molecular weight excluding hydrogens is 348 g/mol. The Morgan fingerprint density at radius 3 is 2.46 bits per heavy atom. The number of nitrogens with two attached hydrogens (primary N) is 1. The molecule has 3 N–H and O–H groups in total. The summed E-state index contributed by atoms with van der Waals surface area (Å²) < 4.78 is 5.66. The van der Waals surface area contributed by atoms with Crippen LogP contribution in [0.15, 0.2) is 53.4 Å². The van der Waals surface area contributed by atoms with Crippen LogP contribution in [-0.2, 0) is 4.79 Å². The summed E-state index contributed by atoms with van der Waals surface area (Å²) in [7, 11) is 0. The molecule has 5 nitrogen and oxygen atoms in total. The fourth-order valence-electron chi connectivity index (χ4n) is 2.15. The smallest absolute Gasteiger partial charge is 0.255 e. The molecule has 0 aliphatic heterocycles. The van der Waals surface area contributed by atoms with E-state index < -0.39 is 5.91 Å². The van der Waals surface area contributed by atoms with Crippen LogP contribution in [0.25, 0.3) is 0 Å². The fraction of sp³-hybridized carbons (Fsp3) is 0.300. The first-order chi connectivity index (χ1) is 12.5. The number of rotatable bonds is 9. The van der Waals surface area contributed by atoms with Crippen LogP contribution < -0.4 is 15.8 Å². The second kappa shape index (κ2) is 9.87. The molecule has 0 aliphatic rings. The van der Waals surface area contributed by atoms with Crippen molar-refractivity contribution in [2.24, 2.45) is 11.7 Å². The number of carbonyl (C=O) groups excluding carboxylic acids is 2. The number of amides is 2. The van der Waals surface area contributed by atoms with E-state index >= 15 is 0 Å². The Balaban J connectivity index is 1.98. The Kier molecular flexibility index (Phi) is 7.53. The van der Waals surface area contributed by atoms with Gasteiger partial charge in [-0.15, -0.1) is 11.8 Å². The maximum Gasteiger partial charge on any atom is 0.255 e. The van der Waals surface area contributed by atoms with Gasteiger partial charge in [-0.05, 0) is 48.7 Å². The topological polar surface area (TPSA) is 81.4 Å². The fourth-order valence-corrected chi connectivity index (χ4v) is 2.90. The number of ether oxygens (including phenoxy) is 1. The minimum absolute atomic E-state index is 0.162. The molecule has 0 aliphatic carbocycles. The van der Waals surface area contributed by atoms with Crippen LogP contribution in [0, 0.1) is 5.92 Å². The highest BCUT2D eigenvalue weighted by molar-refractivity contribution is 8.00. The molecule has 0 aromatic heterocycles. The van der Waals surface area contributed by atoms with Crippen LogP contribution >= 0.6 is 11.8 Å². The normalized spacial score (nSPS) is 10.6. The monoisotopic (exact) mass is 372 g/mol. The quantitative estimate of drug-likeness (QED) is 0.653. The zero-order chi connectivity index (χ0) is 18.9. The van der Waals surface area contributed by atoms with Gasteiger partial charge in [-0.25, -0.2) is 0 Å². The molecule has 0 heterocycles. The molecule has 2 aromatic rings. The molecular formula is C20H24N2O3S. The number of para-hydroxylation sites is 1. The maximum atomic E-state index is 12.5. The van der Waals surface area contributed by atoms with Crippen LogP contribution in [0.3, 0.4) is 0 Å². The SMILES string of the molecule is CC(C)CCOc1ccc(C(=O)Nc2ccccc2SCC(N)=O)cc1. The molecule has 26 heavy (non-hydrogen) atoms. The van der Waals surface area contributed by atoms with Gasteiger partial charge in [0.15, 0.2) is 0 Å². The summed E-state index contributed by atoms with van der Waals surface area (Å²) in [6.45, 7) is 4.96. The molecule has 2 rings (SSSR count). The predicted molar refractivity (Wildman–Crippen MR) is 106 cm³/mol. The number of benzene rings is 2. The van der Waals surface area contributed by atoms with Gasteiger partial charge in [-0.1, -0.05) is 26.0 Å². The molecule has 0 fully saturated rings. The number of hydrogen-bond acceptors (Lipinski definition) is 4. The summed E-state index contributed by atoms with van der Waals surface area (Å²) in [6.07, 6.45) is 0.988. The lowest BCUT2D eigenvalue weighted by Crippen LogP contribution is -2.14. The molecule has 6 heteroatoms. The molecule has 0 bridgehead atoms. The maximum absolute atomic E-state index is 12.5. The zero-order valence-electron chi connectivity index (χ0n) is 15.0. The first-order valence-electron chi connectivity index (χ1n) is 8.50. The van der Waals surface area contributed by atoms with Crippen LogP contribution in [0.5, 0.6) is 5.75 Å². The van der Waals surface area contributed by atoms with Crippen molar-refractivity contribution < 1.29 is 14.3 Å². The minimum atomic E-state index is -0.399. The van der Waals surface area contributed by atoms with Gasteiger partial charge in [0, 0.05) is 10.5 Å². The van der Waals surface area contributed by atoms with Gasteiger partial charge in [0.25, 0.3) is 5.91 Å². The van der Waals surface area contributed by atoms with Gasteiger partial charge in [-0.2, -0.15) is 0 Å². The lowest BCUT2D eigenvalue weighted by molar-refractivity contribution is -0.115. The van der Waals surface area contributed by atoms with Gasteiger partial charge in [0.1, 0.15) is 5.75 Å². The van der Waals surface area contributed by atoms with E-state index in [1.54, 1.807) is 30.3 Å². The van der Waals surface area contributed by atoms with Crippen molar-refractivity contribution in [2.75, 3.05) is 17.7 Å². The highest BCUT2D eigenvalue weighted by atomic mass is 32.2. The van der Waals surface area contributed by atoms with Crippen molar-refractivity contribution in [3.63, 3.8) is 0 Å². The number of anilines is 1. The second-order valence-electron chi connectivity index (χ2n) is 6.26. The Labute approximate surface area is 158 Å². The van der Waals surface area contributed by atoms with Crippen molar-refractivity contribution in [3.8, 4) is 5.75 Å². The minimum Gasteiger partial charge on any atom is -0.494 e. The van der Waals surface area contributed by atoms with Crippen molar-refractivity contribution in [3.05, 3.63) is 54.1 Å². The van der Waals surface area contributed by atoms with Crippen molar-refractivity contribution in [1.29, 1.82) is 0 Å². The van der Waals surface area contributed by atoms with Crippen molar-refractivity contribution in [2.45, 2.75) is 25.2 Å². The van der Waals surface area contributed by atoms with Gasteiger partial charge >= 0.3 is 0 Å². The van der Waals surface area contributed by atoms with E-state index in [9.17, 15) is 9.59 Å². The Bertz CT molecular complexity index is 745. The number of carbonyl (C=O) groups is 2. The van der Waals surface area contributed by atoms with Crippen LogP contribution in [-0.4, -0.2) is 24.2 Å². The van der Waals surface area contributed by atoms with E-state index in [0.29, 0.717) is 23.8 Å². The van der Waals surface area contributed by atoms with Crippen molar-refractivity contribution in [1.82, 2.24) is 0 Å². The number of nitrogens with one attached hydrogen (secondary N) is 1. The average Bonchev–Trinajstić information content (AvgIpc) is 2.61. The van der Waals surface area contributed by atoms with E-state index in [1.807, 2.05) is 18.2 Å². The van der Waals surface area contributed by atoms with Crippen LogP contribution in [0.2, 0.25) is 0 Å². The van der Waals surface area contributed by atoms with Gasteiger partial charge in [0.05, 0.1) is 18.0 Å². The molecule has 2 amide bonds. The third-order valence-electron chi connectivity index (χ3n) is 3.59. The van der Waals surface area contributed by atoms with Gasteiger partial charge < -0.3 is 15.8 Å². The third kappa shape index (κ3) is 6.44. The van der Waals surface area contributed by atoms with E-state index in [0.717, 1.165) is 17.1 Å². The Hall–Kier alpha value is -2.47. The Morgan fingerprint density at radius 2 is 1.81 bits per heavy atom. The molecule has 0 radical (unpaired) electrons. The van der Waals surface area contributed by atoms with Crippen molar-refractivity contribution >= 4 is 29.3 Å². The van der Waals surface area contributed by atoms with E-state index in [-0.39, 0.29) is 11.7 Å². The lowest BCUT2D eigenvalue weighted by atomic mass is 10.1. The largest absolute Gasteiger partial charge is 0.494 e. The predicted octanol–water partition coefficient (Wildman–Crippen LogP) is 3.94. The van der Waals surface area contributed by atoms with Gasteiger partial charge in [-0.3, -0.25) is 9.59 Å². The summed E-state index contributed by atoms with van der Waals surface area (Å²) in [5, 5.41) is 2.88. The standard InChI is InChI=1S/C20H24N2O3S/c1-14(2)11-12-25-16-9-7-15(8-10-16)20(24)22-17-5-3-4-6-18(17)26-13-19(21)23/h3-10,14H,11-13H2,1-2H3,(H2,21,23)(H,22,24). The molecule has 0 atom stereocenters. The second-order valence-corrected chi connectivity index (χ2v) is 7.28. The van der Waals surface area contributed by atoms with E-state index in [1.165, 1.54) is 11.8 Å². The number of hydrogen-bond donors (Lipinski definition) is 2. The summed E-state index contributed by atoms with van der Waals surface area (Å²) in [5.41, 5.74) is 6.38. The first-order valence-corrected chi connectivity index (χ1v) is 9.48. The molecule has 2 aromatic carbocycles. The summed E-state index contributed by atoms with van der Waals surface area (Å²) in [6, 6.07) is 14.4. The third-order valence-corrected chi connectivity index (χ3v) is 4.68. The first kappa shape index (κ1) is 19.8. The number of thioether (sulfide) groups is 1. The summed E-state index contributed by atoms with van der Waals surface area (Å²) >= 11 is 1.30. The zero-order valence-corrected chi connectivity index (χ0v) is 15.8. The molecule has 0 saturated carbocycles. The van der Waals surface area contributed by atoms with Crippen LogP contribution in [0.1, 0.15) is 30.6 Å². The molecule has 138 valence electrons. The Morgan fingerprint density at radius 1 is 1.12 bits per heavy atom. The summed E-state index contributed by atoms with van der Waals surface area (Å²) in [4.78, 5) is 24.2. The highest BCUT2D eigenvalue weighted by Gasteiger charge is 2.10.